The highest BCUT2D eigenvalue weighted by Crippen LogP contribution is 2.19. The molecule has 0 bridgehead atoms. The second kappa shape index (κ2) is 8.91. The summed E-state index contributed by atoms with van der Waals surface area (Å²) in [6.45, 7) is 3.17. The van der Waals surface area contributed by atoms with Gasteiger partial charge in [-0.3, -0.25) is 14.3 Å². The molecule has 2 heterocycles. The fraction of sp³-hybridized carbons (Fsp3) is 0.167. The zero-order valence-corrected chi connectivity index (χ0v) is 19.0. The van der Waals surface area contributed by atoms with Gasteiger partial charge in [-0.2, -0.15) is 0 Å². The molecule has 0 aliphatic rings. The fourth-order valence-electron chi connectivity index (χ4n) is 3.45. The number of ether oxygens (including phenoxy) is 1. The number of halogens is 1. The van der Waals surface area contributed by atoms with Crippen molar-refractivity contribution in [2.24, 2.45) is 7.05 Å². The molecule has 1 unspecified atom stereocenters. The Labute approximate surface area is 194 Å². The lowest BCUT2D eigenvalue weighted by molar-refractivity contribution is -0.123. The third-order valence-electron chi connectivity index (χ3n) is 5.35. The maximum absolute atomic E-state index is 13.0. The van der Waals surface area contributed by atoms with Crippen LogP contribution in [0.1, 0.15) is 23.0 Å². The number of rotatable bonds is 5. The molecule has 33 heavy (non-hydrogen) atoms. The zero-order chi connectivity index (χ0) is 23.7. The predicted molar refractivity (Wildman–Crippen MR) is 126 cm³/mol. The van der Waals surface area contributed by atoms with Gasteiger partial charge in [0.05, 0.1) is 22.5 Å². The van der Waals surface area contributed by atoms with Crippen LogP contribution >= 0.6 is 11.6 Å². The normalized spacial score (nSPS) is 11.9. The van der Waals surface area contributed by atoms with Crippen LogP contribution in [0.15, 0.2) is 65.5 Å². The lowest BCUT2D eigenvalue weighted by Gasteiger charge is -2.13. The van der Waals surface area contributed by atoms with Crippen molar-refractivity contribution >= 4 is 40.1 Å². The quantitative estimate of drug-likeness (QED) is 0.357. The van der Waals surface area contributed by atoms with Crippen molar-refractivity contribution in [2.45, 2.75) is 20.0 Å². The number of amides is 1. The van der Waals surface area contributed by atoms with E-state index in [2.05, 4.69) is 10.3 Å². The van der Waals surface area contributed by atoms with Crippen molar-refractivity contribution in [3.63, 3.8) is 0 Å². The smallest absolute Gasteiger partial charge is 0.338 e. The van der Waals surface area contributed by atoms with Crippen molar-refractivity contribution in [2.75, 3.05) is 5.32 Å². The summed E-state index contributed by atoms with van der Waals surface area (Å²) in [5.41, 5.74) is 1.89. The van der Waals surface area contributed by atoms with Gasteiger partial charge in [-0.15, -0.1) is 0 Å². The number of anilines is 1. The summed E-state index contributed by atoms with van der Waals surface area (Å²) in [4.78, 5) is 42.4. The Morgan fingerprint density at radius 2 is 1.82 bits per heavy atom. The first-order valence-electron chi connectivity index (χ1n) is 10.2. The highest BCUT2D eigenvalue weighted by Gasteiger charge is 2.23. The molecule has 4 rings (SSSR count). The van der Waals surface area contributed by atoms with Crippen LogP contribution in [0.2, 0.25) is 5.15 Å². The number of carbonyl (C=O) groups excluding carboxylic acids is 2. The van der Waals surface area contributed by atoms with Crippen LogP contribution in [0.3, 0.4) is 0 Å². The van der Waals surface area contributed by atoms with Gasteiger partial charge in [-0.1, -0.05) is 29.8 Å². The minimum atomic E-state index is -1.12. The minimum Gasteiger partial charge on any atom is -0.449 e. The molecular formula is C24H21ClN4O4. The average molecular weight is 465 g/mol. The first kappa shape index (κ1) is 22.3. The maximum atomic E-state index is 13.0. The van der Waals surface area contributed by atoms with E-state index in [-0.39, 0.29) is 16.8 Å². The molecule has 168 valence electrons. The number of benzene rings is 2. The van der Waals surface area contributed by atoms with Gasteiger partial charge < -0.3 is 10.1 Å². The van der Waals surface area contributed by atoms with Gasteiger partial charge in [0.1, 0.15) is 10.8 Å². The first-order chi connectivity index (χ1) is 15.8. The molecule has 0 saturated carbocycles. The van der Waals surface area contributed by atoms with E-state index in [0.717, 1.165) is 0 Å². The maximum Gasteiger partial charge on any atom is 0.338 e. The molecule has 9 heteroatoms. The first-order valence-corrected chi connectivity index (χ1v) is 10.6. The zero-order valence-electron chi connectivity index (χ0n) is 18.2. The number of carbonyl (C=O) groups is 2. The van der Waals surface area contributed by atoms with Crippen LogP contribution in [-0.4, -0.2) is 32.3 Å². The van der Waals surface area contributed by atoms with E-state index in [4.69, 9.17) is 16.3 Å². The second-order valence-electron chi connectivity index (χ2n) is 7.51. The van der Waals surface area contributed by atoms with Crippen LogP contribution in [0.25, 0.3) is 16.6 Å². The molecule has 1 N–H and O–H groups in total. The molecule has 0 spiro atoms. The number of hydrogen-bond donors (Lipinski definition) is 1. The molecular weight excluding hydrogens is 444 g/mol. The second-order valence-corrected chi connectivity index (χ2v) is 7.90. The third-order valence-corrected chi connectivity index (χ3v) is 5.56. The fourth-order valence-corrected chi connectivity index (χ4v) is 3.60. The molecule has 8 nitrogen and oxygen atoms in total. The number of aromatic nitrogens is 3. The summed E-state index contributed by atoms with van der Waals surface area (Å²) in [7, 11) is 1.73. The number of fused-ring (bicyclic) bond motifs is 1. The van der Waals surface area contributed by atoms with Gasteiger partial charge in [-0.05, 0) is 56.3 Å². The van der Waals surface area contributed by atoms with Crippen molar-refractivity contribution in [1.82, 2.24) is 14.3 Å². The molecule has 0 aliphatic carbocycles. The van der Waals surface area contributed by atoms with E-state index < -0.39 is 18.0 Å². The number of nitrogens with one attached hydrogen (secondary N) is 1. The summed E-state index contributed by atoms with van der Waals surface area (Å²) >= 11 is 5.89. The number of esters is 1. The van der Waals surface area contributed by atoms with Gasteiger partial charge >= 0.3 is 5.97 Å². The lowest BCUT2D eigenvalue weighted by atomic mass is 10.1. The molecule has 0 fully saturated rings. The highest BCUT2D eigenvalue weighted by molar-refractivity contribution is 6.29. The molecule has 1 amide bonds. The molecule has 0 aliphatic heterocycles. The topological polar surface area (TPSA) is 95.2 Å². The Balaban J connectivity index is 1.51. The van der Waals surface area contributed by atoms with Gasteiger partial charge in [0.25, 0.3) is 11.5 Å². The molecule has 2 aromatic carbocycles. The Bertz CT molecular complexity index is 1430. The third kappa shape index (κ3) is 4.38. The van der Waals surface area contributed by atoms with Gasteiger partial charge in [0.2, 0.25) is 0 Å². The molecule has 0 radical (unpaired) electrons. The minimum absolute atomic E-state index is 0.128. The van der Waals surface area contributed by atoms with Crippen LogP contribution in [-0.2, 0) is 16.6 Å². The van der Waals surface area contributed by atoms with E-state index in [9.17, 15) is 14.4 Å². The summed E-state index contributed by atoms with van der Waals surface area (Å²) in [6.07, 6.45) is -1.12. The van der Waals surface area contributed by atoms with Gasteiger partial charge in [0.15, 0.2) is 6.10 Å². The number of pyridine rings is 1. The molecule has 0 saturated heterocycles. The van der Waals surface area contributed by atoms with Crippen molar-refractivity contribution < 1.29 is 14.3 Å². The monoisotopic (exact) mass is 464 g/mol. The summed E-state index contributed by atoms with van der Waals surface area (Å²) in [6, 6.07) is 17.3. The summed E-state index contributed by atoms with van der Waals surface area (Å²) in [5, 5.41) is 3.67. The Morgan fingerprint density at radius 1 is 1.09 bits per heavy atom. The SMILES string of the molecule is Cc1c(NC(=O)C(C)OC(=O)c2ccc3nc(Cl)ccc3c2)c(=O)n(-c2ccccc2)n1C. The highest BCUT2D eigenvalue weighted by atomic mass is 35.5. The van der Waals surface area contributed by atoms with E-state index >= 15 is 0 Å². The summed E-state index contributed by atoms with van der Waals surface area (Å²) in [5.74, 6) is -1.27. The average Bonchev–Trinajstić information content (AvgIpc) is 3.02. The standard InChI is InChI=1S/C24H21ClN4O4/c1-14-21(23(31)29(28(14)3)18-7-5-4-6-8-18)27-22(30)15(2)33-24(32)17-9-11-19-16(13-17)10-12-20(25)26-19/h4-13,15H,1-3H3,(H,27,30). The van der Waals surface area contributed by atoms with Crippen LogP contribution in [0.4, 0.5) is 5.69 Å². The van der Waals surface area contributed by atoms with Crippen LogP contribution in [0.5, 0.6) is 0 Å². The van der Waals surface area contributed by atoms with Crippen molar-refractivity contribution in [3.05, 3.63) is 87.4 Å². The predicted octanol–water partition coefficient (Wildman–Crippen LogP) is 3.87. The largest absolute Gasteiger partial charge is 0.449 e. The van der Waals surface area contributed by atoms with Crippen molar-refractivity contribution in [3.8, 4) is 5.69 Å². The van der Waals surface area contributed by atoms with Crippen LogP contribution < -0.4 is 10.9 Å². The van der Waals surface area contributed by atoms with Crippen molar-refractivity contribution in [1.29, 1.82) is 0 Å². The Hall–Kier alpha value is -3.91. The molecule has 1 atom stereocenters. The van der Waals surface area contributed by atoms with E-state index in [1.54, 1.807) is 61.1 Å². The van der Waals surface area contributed by atoms with E-state index in [1.807, 2.05) is 18.2 Å². The number of nitrogens with zero attached hydrogens (tertiary/aromatic N) is 3. The Morgan fingerprint density at radius 3 is 2.55 bits per heavy atom. The molecule has 4 aromatic rings. The number of hydrogen-bond acceptors (Lipinski definition) is 5. The van der Waals surface area contributed by atoms with E-state index in [0.29, 0.717) is 27.4 Å². The summed E-state index contributed by atoms with van der Waals surface area (Å²) < 4.78 is 8.44. The van der Waals surface area contributed by atoms with E-state index in [1.165, 1.54) is 11.6 Å². The Kier molecular flexibility index (Phi) is 6.02. The molecule has 2 aromatic heterocycles. The van der Waals surface area contributed by atoms with Crippen LogP contribution in [0, 0.1) is 6.92 Å². The van der Waals surface area contributed by atoms with Gasteiger partial charge in [-0.25, -0.2) is 14.5 Å². The van der Waals surface area contributed by atoms with Gasteiger partial charge in [0, 0.05) is 12.4 Å². The number of para-hydroxylation sites is 1. The lowest BCUT2D eigenvalue weighted by Crippen LogP contribution is -2.32.